The van der Waals surface area contributed by atoms with E-state index >= 15 is 0 Å². The third-order valence-electron chi connectivity index (χ3n) is 4.63. The normalized spacial score (nSPS) is 22.1. The molecule has 0 spiro atoms. The maximum Gasteiger partial charge on any atom is 0.416 e. The minimum absolute atomic E-state index is 0.121. The van der Waals surface area contributed by atoms with E-state index in [-0.39, 0.29) is 23.5 Å². The maximum absolute atomic E-state index is 12.7. The molecule has 0 radical (unpaired) electrons. The summed E-state index contributed by atoms with van der Waals surface area (Å²) in [6.45, 7) is 3.00. The van der Waals surface area contributed by atoms with Crippen LogP contribution in [-0.4, -0.2) is 38.1 Å². The van der Waals surface area contributed by atoms with Crippen molar-refractivity contribution < 1.29 is 32.4 Å². The van der Waals surface area contributed by atoms with E-state index in [1.165, 1.54) is 19.2 Å². The zero-order valence-corrected chi connectivity index (χ0v) is 14.2. The van der Waals surface area contributed by atoms with Gasteiger partial charge in [0.1, 0.15) is 0 Å². The van der Waals surface area contributed by atoms with E-state index in [4.69, 9.17) is 4.74 Å². The van der Waals surface area contributed by atoms with Gasteiger partial charge >= 0.3 is 12.1 Å². The Kier molecular flexibility index (Phi) is 6.05. The summed E-state index contributed by atoms with van der Waals surface area (Å²) in [4.78, 5) is 24.9. The highest BCUT2D eigenvalue weighted by Gasteiger charge is 2.34. The van der Waals surface area contributed by atoms with Crippen LogP contribution in [0.5, 0.6) is 0 Å². The van der Waals surface area contributed by atoms with Crippen LogP contribution in [0.25, 0.3) is 0 Å². The molecule has 1 aliphatic rings. The first-order valence-corrected chi connectivity index (χ1v) is 8.13. The first-order valence-electron chi connectivity index (χ1n) is 8.13. The molecule has 1 aromatic rings. The number of rotatable bonds is 4. The fourth-order valence-corrected chi connectivity index (χ4v) is 3.03. The van der Waals surface area contributed by atoms with Gasteiger partial charge in [-0.05, 0) is 25.1 Å². The maximum atomic E-state index is 12.7. The van der Waals surface area contributed by atoms with Gasteiger partial charge in [-0.2, -0.15) is 13.2 Å². The fraction of sp³-hybridized carbons (Fsp3) is 0.529. The number of alkyl halides is 3. The van der Waals surface area contributed by atoms with Gasteiger partial charge in [-0.3, -0.25) is 9.59 Å². The molecule has 0 bridgehead atoms. The number of amides is 1. The van der Waals surface area contributed by atoms with Gasteiger partial charge in [0, 0.05) is 18.5 Å². The van der Waals surface area contributed by atoms with Gasteiger partial charge in [-0.1, -0.05) is 6.07 Å². The Morgan fingerprint density at radius 2 is 1.92 bits per heavy atom. The SMILES string of the molecule is COC(=O)C1CC[NH+]([C@H](C)C(=O)Nc2cccc(C(F)(F)F)c2)CC1. The Labute approximate surface area is 144 Å². The summed E-state index contributed by atoms with van der Waals surface area (Å²) < 4.78 is 42.9. The predicted octanol–water partition coefficient (Wildman–Crippen LogP) is 1.50. The number of anilines is 1. The zero-order valence-electron chi connectivity index (χ0n) is 14.2. The van der Waals surface area contributed by atoms with E-state index in [9.17, 15) is 22.8 Å². The molecule has 138 valence electrons. The molecule has 1 aromatic carbocycles. The van der Waals surface area contributed by atoms with Crippen molar-refractivity contribution in [3.63, 3.8) is 0 Å². The Morgan fingerprint density at radius 3 is 2.48 bits per heavy atom. The van der Waals surface area contributed by atoms with E-state index in [2.05, 4.69) is 5.32 Å². The molecule has 0 unspecified atom stereocenters. The third kappa shape index (κ3) is 4.94. The Bertz CT molecular complexity index is 626. The van der Waals surface area contributed by atoms with E-state index in [0.717, 1.165) is 17.0 Å². The van der Waals surface area contributed by atoms with Gasteiger partial charge in [-0.25, -0.2) is 0 Å². The zero-order chi connectivity index (χ0) is 18.6. The molecule has 1 amide bonds. The number of ether oxygens (including phenoxy) is 1. The molecular weight excluding hydrogens is 337 g/mol. The number of carbonyl (C=O) groups excluding carboxylic acids is 2. The topological polar surface area (TPSA) is 59.8 Å². The van der Waals surface area contributed by atoms with Crippen LogP contribution in [0, 0.1) is 5.92 Å². The quantitative estimate of drug-likeness (QED) is 0.801. The van der Waals surface area contributed by atoms with Crippen molar-refractivity contribution in [1.82, 2.24) is 0 Å². The summed E-state index contributed by atoms with van der Waals surface area (Å²) in [7, 11) is 1.35. The van der Waals surface area contributed by atoms with Crippen LogP contribution in [-0.2, 0) is 20.5 Å². The van der Waals surface area contributed by atoms with Gasteiger partial charge in [0.25, 0.3) is 5.91 Å². The summed E-state index contributed by atoms with van der Waals surface area (Å²) in [5.74, 6) is -0.724. The number of likely N-dealkylation sites (tertiary alicyclic amines) is 1. The second-order valence-corrected chi connectivity index (χ2v) is 6.25. The first-order chi connectivity index (χ1) is 11.7. The second kappa shape index (κ2) is 7.86. The molecule has 8 heteroatoms. The van der Waals surface area contributed by atoms with Gasteiger partial charge in [0.2, 0.25) is 0 Å². The average Bonchev–Trinajstić information content (AvgIpc) is 2.60. The Balaban J connectivity index is 1.94. The number of piperidine rings is 1. The average molecular weight is 359 g/mol. The molecule has 1 heterocycles. The van der Waals surface area contributed by atoms with Crippen LogP contribution in [0.1, 0.15) is 25.3 Å². The minimum atomic E-state index is -4.45. The first kappa shape index (κ1) is 19.2. The van der Waals surface area contributed by atoms with Crippen molar-refractivity contribution >= 4 is 17.6 Å². The number of methoxy groups -OCH3 is 1. The second-order valence-electron chi connectivity index (χ2n) is 6.25. The summed E-state index contributed by atoms with van der Waals surface area (Å²) >= 11 is 0. The van der Waals surface area contributed by atoms with E-state index in [1.54, 1.807) is 6.92 Å². The molecule has 2 N–H and O–H groups in total. The Morgan fingerprint density at radius 1 is 1.28 bits per heavy atom. The molecule has 1 aliphatic heterocycles. The fourth-order valence-electron chi connectivity index (χ4n) is 3.03. The number of hydrogen-bond acceptors (Lipinski definition) is 3. The molecular formula is C17H22F3N2O3+. The molecule has 25 heavy (non-hydrogen) atoms. The highest BCUT2D eigenvalue weighted by atomic mass is 19.4. The molecule has 0 saturated carbocycles. The largest absolute Gasteiger partial charge is 0.469 e. The van der Waals surface area contributed by atoms with Crippen molar-refractivity contribution in [3.8, 4) is 0 Å². The summed E-state index contributed by atoms with van der Waals surface area (Å²) in [5.41, 5.74) is -0.681. The molecule has 0 aliphatic carbocycles. The number of esters is 1. The predicted molar refractivity (Wildman–Crippen MR) is 85.0 cm³/mol. The van der Waals surface area contributed by atoms with Crippen molar-refractivity contribution in [3.05, 3.63) is 29.8 Å². The number of hydrogen-bond donors (Lipinski definition) is 2. The van der Waals surface area contributed by atoms with Gasteiger partial charge in [0.15, 0.2) is 6.04 Å². The lowest BCUT2D eigenvalue weighted by Crippen LogP contribution is -3.17. The molecule has 2 rings (SSSR count). The number of carbonyl (C=O) groups is 2. The highest BCUT2D eigenvalue weighted by molar-refractivity contribution is 5.93. The van der Waals surface area contributed by atoms with Gasteiger partial charge in [-0.15, -0.1) is 0 Å². The smallest absolute Gasteiger partial charge is 0.416 e. The molecule has 0 aromatic heterocycles. The lowest BCUT2D eigenvalue weighted by Gasteiger charge is -2.31. The van der Waals surface area contributed by atoms with Crippen LogP contribution in [0.3, 0.4) is 0 Å². The van der Waals surface area contributed by atoms with Crippen LogP contribution in [0.4, 0.5) is 18.9 Å². The third-order valence-corrected chi connectivity index (χ3v) is 4.63. The Hall–Kier alpha value is -2.09. The van der Waals surface area contributed by atoms with Crippen molar-refractivity contribution in [2.24, 2.45) is 5.92 Å². The number of quaternary nitrogens is 1. The summed E-state index contributed by atoms with van der Waals surface area (Å²) in [6, 6.07) is 4.15. The van der Waals surface area contributed by atoms with Gasteiger partial charge in [0.05, 0.1) is 31.7 Å². The number of nitrogens with one attached hydrogen (secondary N) is 2. The molecule has 1 fully saturated rings. The van der Waals surface area contributed by atoms with E-state index in [0.29, 0.717) is 25.9 Å². The van der Waals surface area contributed by atoms with Crippen LogP contribution >= 0.6 is 0 Å². The van der Waals surface area contributed by atoms with Crippen molar-refractivity contribution in [1.29, 1.82) is 0 Å². The van der Waals surface area contributed by atoms with Crippen LogP contribution < -0.4 is 10.2 Å². The lowest BCUT2D eigenvalue weighted by atomic mass is 9.96. The molecule has 1 atom stereocenters. The number of benzene rings is 1. The van der Waals surface area contributed by atoms with Crippen LogP contribution in [0.2, 0.25) is 0 Å². The monoisotopic (exact) mass is 359 g/mol. The molecule has 5 nitrogen and oxygen atoms in total. The molecule has 1 saturated heterocycles. The minimum Gasteiger partial charge on any atom is -0.469 e. The van der Waals surface area contributed by atoms with Crippen molar-refractivity contribution in [2.45, 2.75) is 32.0 Å². The van der Waals surface area contributed by atoms with E-state index in [1.807, 2.05) is 0 Å². The summed E-state index contributed by atoms with van der Waals surface area (Å²) in [5, 5.41) is 2.55. The highest BCUT2D eigenvalue weighted by Crippen LogP contribution is 2.30. The standard InChI is InChI=1S/C17H21F3N2O3/c1-11(22-8-6-12(7-9-22)16(24)25-2)15(23)21-14-5-3-4-13(10-14)17(18,19)20/h3-5,10-12H,6-9H2,1-2H3,(H,21,23)/p+1/t11-/m1/s1. The number of halogens is 3. The summed E-state index contributed by atoms with van der Waals surface area (Å²) in [6.07, 6.45) is -3.19. The van der Waals surface area contributed by atoms with Gasteiger partial charge < -0.3 is 15.0 Å². The lowest BCUT2D eigenvalue weighted by molar-refractivity contribution is -0.919. The van der Waals surface area contributed by atoms with Crippen molar-refractivity contribution in [2.75, 3.05) is 25.5 Å². The van der Waals surface area contributed by atoms with E-state index < -0.39 is 17.8 Å². The van der Waals surface area contributed by atoms with Crippen LogP contribution in [0.15, 0.2) is 24.3 Å².